The van der Waals surface area contributed by atoms with Crippen LogP contribution in [0.3, 0.4) is 0 Å². The zero-order valence-corrected chi connectivity index (χ0v) is 13.5. The molecule has 0 bridgehead atoms. The van der Waals surface area contributed by atoms with Gasteiger partial charge in [-0.1, -0.05) is 6.07 Å². The fourth-order valence-corrected chi connectivity index (χ4v) is 3.79. The number of carbonyl (C=O) groups is 1. The number of pyridine rings is 1. The SMILES string of the molecule is CNC(=O)c1cccnc1NS(=O)(=O)c1ccc2c(c1)CCC2. The summed E-state index contributed by atoms with van der Waals surface area (Å²) in [5.74, 6) is -0.378. The molecule has 1 aromatic heterocycles. The Bertz CT molecular complexity index is 863. The first kappa shape index (κ1) is 15.5. The molecule has 0 atom stereocenters. The maximum absolute atomic E-state index is 12.6. The highest BCUT2D eigenvalue weighted by molar-refractivity contribution is 7.92. The van der Waals surface area contributed by atoms with Gasteiger partial charge in [0.1, 0.15) is 0 Å². The number of hydrogen-bond donors (Lipinski definition) is 2. The van der Waals surface area contributed by atoms with Crippen molar-refractivity contribution in [1.82, 2.24) is 10.3 Å². The number of nitrogens with zero attached hydrogens (tertiary/aromatic N) is 1. The topological polar surface area (TPSA) is 88.2 Å². The average molecular weight is 331 g/mol. The molecule has 23 heavy (non-hydrogen) atoms. The predicted octanol–water partition coefficient (Wildman–Crippen LogP) is 1.73. The number of hydrogen-bond acceptors (Lipinski definition) is 4. The van der Waals surface area contributed by atoms with Gasteiger partial charge in [-0.3, -0.25) is 9.52 Å². The Morgan fingerprint density at radius 1 is 1.17 bits per heavy atom. The third-order valence-electron chi connectivity index (χ3n) is 3.89. The highest BCUT2D eigenvalue weighted by Gasteiger charge is 2.21. The van der Waals surface area contributed by atoms with E-state index in [2.05, 4.69) is 15.0 Å². The van der Waals surface area contributed by atoms with Crippen LogP contribution in [0.5, 0.6) is 0 Å². The molecule has 1 aromatic carbocycles. The summed E-state index contributed by atoms with van der Waals surface area (Å²) in [7, 11) is -2.31. The first-order valence-electron chi connectivity index (χ1n) is 7.33. The Hall–Kier alpha value is -2.41. The van der Waals surface area contributed by atoms with Gasteiger partial charge in [0, 0.05) is 13.2 Å². The van der Waals surface area contributed by atoms with Crippen molar-refractivity contribution in [2.24, 2.45) is 0 Å². The van der Waals surface area contributed by atoms with E-state index in [4.69, 9.17) is 0 Å². The fourth-order valence-electron chi connectivity index (χ4n) is 2.71. The molecule has 7 heteroatoms. The zero-order valence-electron chi connectivity index (χ0n) is 12.7. The van der Waals surface area contributed by atoms with E-state index in [0.29, 0.717) is 0 Å². The minimum atomic E-state index is -3.79. The van der Waals surface area contributed by atoms with Crippen LogP contribution in [-0.4, -0.2) is 26.4 Å². The van der Waals surface area contributed by atoms with E-state index in [-0.39, 0.29) is 16.3 Å². The Kier molecular flexibility index (Phi) is 4.04. The lowest BCUT2D eigenvalue weighted by Gasteiger charge is -2.11. The quantitative estimate of drug-likeness (QED) is 0.893. The number of benzene rings is 1. The molecule has 2 N–H and O–H groups in total. The lowest BCUT2D eigenvalue weighted by Crippen LogP contribution is -2.22. The van der Waals surface area contributed by atoms with Crippen LogP contribution in [-0.2, 0) is 22.9 Å². The van der Waals surface area contributed by atoms with Crippen molar-refractivity contribution in [1.29, 1.82) is 0 Å². The van der Waals surface area contributed by atoms with E-state index in [1.54, 1.807) is 18.2 Å². The summed E-state index contributed by atoms with van der Waals surface area (Å²) < 4.78 is 27.6. The number of amides is 1. The molecule has 0 saturated carbocycles. The van der Waals surface area contributed by atoms with Crippen LogP contribution in [0.25, 0.3) is 0 Å². The van der Waals surface area contributed by atoms with Gasteiger partial charge in [0.05, 0.1) is 10.5 Å². The van der Waals surface area contributed by atoms with Crippen molar-refractivity contribution in [2.75, 3.05) is 11.8 Å². The maximum atomic E-state index is 12.6. The molecule has 0 fully saturated rings. The lowest BCUT2D eigenvalue weighted by atomic mass is 10.1. The molecule has 0 saturated heterocycles. The van der Waals surface area contributed by atoms with Crippen molar-refractivity contribution in [2.45, 2.75) is 24.2 Å². The summed E-state index contributed by atoms with van der Waals surface area (Å²) in [6.45, 7) is 0. The third-order valence-corrected chi connectivity index (χ3v) is 5.23. The number of aromatic nitrogens is 1. The summed E-state index contributed by atoms with van der Waals surface area (Å²) in [6, 6.07) is 8.25. The maximum Gasteiger partial charge on any atom is 0.263 e. The number of sulfonamides is 1. The molecular formula is C16H17N3O3S. The van der Waals surface area contributed by atoms with Crippen LogP contribution in [0.15, 0.2) is 41.4 Å². The number of carbonyl (C=O) groups excluding carboxylic acids is 1. The van der Waals surface area contributed by atoms with E-state index in [1.165, 1.54) is 24.9 Å². The Labute approximate surface area is 135 Å². The fraction of sp³-hybridized carbons (Fsp3) is 0.250. The summed E-state index contributed by atoms with van der Waals surface area (Å²) in [4.78, 5) is 16.0. The second kappa shape index (κ2) is 6.00. The minimum absolute atomic E-state index is 0.0207. The van der Waals surface area contributed by atoms with E-state index >= 15 is 0 Å². The molecule has 1 aliphatic rings. The first-order chi connectivity index (χ1) is 11.0. The molecule has 3 rings (SSSR count). The molecule has 0 aliphatic heterocycles. The molecule has 2 aromatic rings. The summed E-state index contributed by atoms with van der Waals surface area (Å²) in [5.41, 5.74) is 2.45. The van der Waals surface area contributed by atoms with E-state index in [0.717, 1.165) is 24.8 Å². The number of fused-ring (bicyclic) bond motifs is 1. The largest absolute Gasteiger partial charge is 0.355 e. The molecule has 1 aliphatic carbocycles. The highest BCUT2D eigenvalue weighted by Crippen LogP contribution is 2.26. The van der Waals surface area contributed by atoms with Gasteiger partial charge in [0.15, 0.2) is 5.82 Å². The molecule has 1 amide bonds. The van der Waals surface area contributed by atoms with Gasteiger partial charge in [-0.25, -0.2) is 13.4 Å². The third kappa shape index (κ3) is 3.05. The molecule has 6 nitrogen and oxygen atoms in total. The summed E-state index contributed by atoms with van der Waals surface area (Å²) in [5, 5.41) is 2.47. The van der Waals surface area contributed by atoms with Crippen molar-refractivity contribution < 1.29 is 13.2 Å². The number of nitrogens with one attached hydrogen (secondary N) is 2. The number of aryl methyl sites for hydroxylation is 2. The highest BCUT2D eigenvalue weighted by atomic mass is 32.2. The molecule has 120 valence electrons. The normalized spacial score (nSPS) is 13.4. The second-order valence-corrected chi connectivity index (χ2v) is 7.05. The van der Waals surface area contributed by atoms with Crippen molar-refractivity contribution in [3.8, 4) is 0 Å². The zero-order chi connectivity index (χ0) is 16.4. The van der Waals surface area contributed by atoms with Crippen LogP contribution < -0.4 is 10.0 Å². The van der Waals surface area contributed by atoms with Crippen LogP contribution in [0.1, 0.15) is 27.9 Å². The smallest absolute Gasteiger partial charge is 0.263 e. The van der Waals surface area contributed by atoms with Crippen LogP contribution in [0.2, 0.25) is 0 Å². The Morgan fingerprint density at radius 3 is 2.74 bits per heavy atom. The van der Waals surface area contributed by atoms with E-state index in [1.807, 2.05) is 6.07 Å². The first-order valence-corrected chi connectivity index (χ1v) is 8.81. The summed E-state index contributed by atoms with van der Waals surface area (Å²) in [6.07, 6.45) is 4.37. The average Bonchev–Trinajstić information content (AvgIpc) is 3.02. The van der Waals surface area contributed by atoms with Crippen molar-refractivity contribution in [3.63, 3.8) is 0 Å². The van der Waals surface area contributed by atoms with Gasteiger partial charge in [-0.15, -0.1) is 0 Å². The summed E-state index contributed by atoms with van der Waals surface area (Å²) >= 11 is 0. The molecule has 0 unspecified atom stereocenters. The standard InChI is InChI=1S/C16H17N3O3S/c1-17-16(20)14-6-3-9-18-15(14)19-23(21,22)13-8-7-11-4-2-5-12(11)10-13/h3,6-10H,2,4-5H2,1H3,(H,17,20)(H,18,19). The van der Waals surface area contributed by atoms with Gasteiger partial charge in [0.25, 0.3) is 15.9 Å². The van der Waals surface area contributed by atoms with Crippen LogP contribution in [0, 0.1) is 0 Å². The van der Waals surface area contributed by atoms with Crippen LogP contribution in [0.4, 0.5) is 5.82 Å². The number of rotatable bonds is 4. The molecule has 0 radical (unpaired) electrons. The van der Waals surface area contributed by atoms with Gasteiger partial charge in [-0.05, 0) is 54.7 Å². The van der Waals surface area contributed by atoms with E-state index in [9.17, 15) is 13.2 Å². The van der Waals surface area contributed by atoms with Crippen molar-refractivity contribution >= 4 is 21.7 Å². The molecular weight excluding hydrogens is 314 g/mol. The lowest BCUT2D eigenvalue weighted by molar-refractivity contribution is 0.0963. The predicted molar refractivity (Wildman–Crippen MR) is 86.9 cm³/mol. The molecule has 1 heterocycles. The Balaban J connectivity index is 1.95. The second-order valence-electron chi connectivity index (χ2n) is 5.37. The van der Waals surface area contributed by atoms with Gasteiger partial charge >= 0.3 is 0 Å². The van der Waals surface area contributed by atoms with Gasteiger partial charge in [0.2, 0.25) is 0 Å². The van der Waals surface area contributed by atoms with Crippen molar-refractivity contribution in [3.05, 3.63) is 53.2 Å². The molecule has 0 spiro atoms. The number of anilines is 1. The monoisotopic (exact) mass is 331 g/mol. The van der Waals surface area contributed by atoms with Gasteiger partial charge in [-0.2, -0.15) is 0 Å². The minimum Gasteiger partial charge on any atom is -0.355 e. The Morgan fingerprint density at radius 2 is 1.96 bits per heavy atom. The van der Waals surface area contributed by atoms with E-state index < -0.39 is 15.9 Å². The van der Waals surface area contributed by atoms with Gasteiger partial charge < -0.3 is 5.32 Å². The van der Waals surface area contributed by atoms with Crippen LogP contribution >= 0.6 is 0 Å².